The lowest BCUT2D eigenvalue weighted by Gasteiger charge is -2.13. The minimum Gasteiger partial charge on any atom is -0.497 e. The Morgan fingerprint density at radius 3 is 1.09 bits per heavy atom. The van der Waals surface area contributed by atoms with Gasteiger partial charge in [-0.3, -0.25) is 0 Å². The molecule has 2 aromatic heterocycles. The molecule has 0 aliphatic heterocycles. The van der Waals surface area contributed by atoms with Crippen molar-refractivity contribution in [1.29, 1.82) is 0 Å². The zero-order valence-electron chi connectivity index (χ0n) is 30.9. The summed E-state index contributed by atoms with van der Waals surface area (Å²) in [6.45, 7) is 0.681. The molecule has 2 unspecified atom stereocenters. The fourth-order valence-electron chi connectivity index (χ4n) is 7.37. The van der Waals surface area contributed by atoms with E-state index in [9.17, 15) is 8.78 Å². The van der Waals surface area contributed by atoms with Gasteiger partial charge in [-0.05, 0) is 134 Å². The maximum Gasteiger partial charge on any atom is 0.119 e. The molecule has 0 aliphatic carbocycles. The first-order valence-electron chi connectivity index (χ1n) is 18.4. The molecule has 0 fully saturated rings. The number of ether oxygens (including phenoxy) is 2. The highest BCUT2D eigenvalue weighted by Crippen LogP contribution is 2.35. The van der Waals surface area contributed by atoms with Crippen LogP contribution in [0.1, 0.15) is 31.4 Å². The van der Waals surface area contributed by atoms with Crippen LogP contribution in [-0.2, 0) is 25.9 Å². The third-order valence-corrected chi connectivity index (χ3v) is 12.1. The molecule has 0 radical (unpaired) electrons. The van der Waals surface area contributed by atoms with Crippen LogP contribution in [0.3, 0.4) is 0 Å². The van der Waals surface area contributed by atoms with Gasteiger partial charge in [-0.25, -0.2) is 8.78 Å². The van der Waals surface area contributed by atoms with E-state index in [0.717, 1.165) is 84.1 Å². The van der Waals surface area contributed by atoms with Crippen LogP contribution in [-0.4, -0.2) is 35.7 Å². The first-order chi connectivity index (χ1) is 27.1. The second kappa shape index (κ2) is 19.4. The standard InChI is InChI=1S/2C23H20Br2FNO.CH4/c2*1-28-19-4-2-3-15(11-19)5-8-18(26)14-27-22-9-6-16(24)12-20(22)21-13-17(25)7-10-23(21)27;/h2*2-4,6-7,9-13,18H,5,8,14H2,1H3;1H4. The van der Waals surface area contributed by atoms with Crippen LogP contribution >= 0.6 is 63.7 Å². The lowest BCUT2D eigenvalue weighted by molar-refractivity contribution is 0.283. The van der Waals surface area contributed by atoms with Gasteiger partial charge in [0.15, 0.2) is 0 Å². The second-order valence-electron chi connectivity index (χ2n) is 13.8. The molecule has 0 aliphatic rings. The highest BCUT2D eigenvalue weighted by atomic mass is 79.9. The molecular weight excluding hydrogens is 982 g/mol. The Kier molecular flexibility index (Phi) is 14.6. The van der Waals surface area contributed by atoms with E-state index in [-0.39, 0.29) is 7.43 Å². The van der Waals surface area contributed by atoms with Crippen LogP contribution in [0.2, 0.25) is 0 Å². The number of halogens is 6. The van der Waals surface area contributed by atoms with E-state index in [2.05, 4.69) is 121 Å². The zero-order chi connectivity index (χ0) is 39.3. The number of rotatable bonds is 12. The SMILES string of the molecule is C.COc1cccc(CCC(F)Cn2c3ccc(Br)cc3c3cc(Br)ccc32)c1.COc1cccc(CCC(F)Cn2c3ccc(Br)cc3c3cc(Br)ccc32)c1. The van der Waals surface area contributed by atoms with Crippen molar-refractivity contribution in [2.75, 3.05) is 14.2 Å². The molecule has 4 nitrogen and oxygen atoms in total. The van der Waals surface area contributed by atoms with Crippen LogP contribution in [0.4, 0.5) is 8.78 Å². The van der Waals surface area contributed by atoms with Gasteiger partial charge in [-0.1, -0.05) is 95.4 Å². The zero-order valence-corrected chi connectivity index (χ0v) is 37.3. The van der Waals surface area contributed by atoms with Crippen LogP contribution in [0.5, 0.6) is 11.5 Å². The van der Waals surface area contributed by atoms with Gasteiger partial charge >= 0.3 is 0 Å². The van der Waals surface area contributed by atoms with Crippen molar-refractivity contribution in [3.05, 3.63) is 150 Å². The topological polar surface area (TPSA) is 28.3 Å². The molecule has 57 heavy (non-hydrogen) atoms. The summed E-state index contributed by atoms with van der Waals surface area (Å²) in [6.07, 6.45) is 0.455. The van der Waals surface area contributed by atoms with Gasteiger partial charge in [-0.15, -0.1) is 0 Å². The van der Waals surface area contributed by atoms with Gasteiger partial charge in [0, 0.05) is 61.5 Å². The Hall–Kier alpha value is -3.70. The van der Waals surface area contributed by atoms with Crippen molar-refractivity contribution in [1.82, 2.24) is 9.13 Å². The summed E-state index contributed by atoms with van der Waals surface area (Å²) < 4.78 is 48.8. The molecule has 2 heterocycles. The molecule has 0 saturated carbocycles. The van der Waals surface area contributed by atoms with Gasteiger partial charge < -0.3 is 18.6 Å². The van der Waals surface area contributed by atoms with Crippen LogP contribution in [0, 0.1) is 0 Å². The third-order valence-electron chi connectivity index (χ3n) is 10.1. The van der Waals surface area contributed by atoms with Crippen molar-refractivity contribution in [3.8, 4) is 11.5 Å². The van der Waals surface area contributed by atoms with Crippen LogP contribution in [0.15, 0.2) is 139 Å². The molecule has 10 heteroatoms. The number of hydrogen-bond acceptors (Lipinski definition) is 2. The maximum absolute atomic E-state index is 15.0. The number of alkyl halides is 2. The summed E-state index contributed by atoms with van der Waals surface area (Å²) in [6, 6.07) is 40.4. The highest BCUT2D eigenvalue weighted by molar-refractivity contribution is 9.11. The molecule has 0 saturated heterocycles. The fourth-order valence-corrected chi connectivity index (χ4v) is 8.82. The van der Waals surface area contributed by atoms with Gasteiger partial charge in [0.2, 0.25) is 0 Å². The minimum atomic E-state index is -0.933. The van der Waals surface area contributed by atoms with Gasteiger partial charge in [-0.2, -0.15) is 0 Å². The second-order valence-corrected chi connectivity index (χ2v) is 17.5. The Labute approximate surface area is 366 Å². The highest BCUT2D eigenvalue weighted by Gasteiger charge is 2.18. The number of fused-ring (bicyclic) bond motifs is 6. The Balaban J connectivity index is 0.000000189. The van der Waals surface area contributed by atoms with Crippen molar-refractivity contribution in [2.45, 2.75) is 58.5 Å². The van der Waals surface area contributed by atoms with Gasteiger partial charge in [0.1, 0.15) is 23.8 Å². The van der Waals surface area contributed by atoms with Gasteiger partial charge in [0.05, 0.1) is 27.3 Å². The van der Waals surface area contributed by atoms with Crippen LogP contribution < -0.4 is 9.47 Å². The Morgan fingerprint density at radius 1 is 0.474 bits per heavy atom. The smallest absolute Gasteiger partial charge is 0.119 e. The molecular formula is C47H44Br4F2N2O2. The van der Waals surface area contributed by atoms with E-state index in [0.29, 0.717) is 38.8 Å². The molecule has 8 aromatic rings. The minimum absolute atomic E-state index is 0. The molecule has 2 atom stereocenters. The predicted octanol–water partition coefficient (Wildman–Crippen LogP) is 15.2. The quantitative estimate of drug-likeness (QED) is 0.122. The normalized spacial score (nSPS) is 12.4. The first-order valence-corrected chi connectivity index (χ1v) is 21.6. The Bertz CT molecular complexity index is 2340. The predicted molar refractivity (Wildman–Crippen MR) is 249 cm³/mol. The van der Waals surface area contributed by atoms with E-state index in [1.54, 1.807) is 14.2 Å². The number of benzene rings is 6. The van der Waals surface area contributed by atoms with Crippen molar-refractivity contribution >= 4 is 107 Å². The first kappa shape index (κ1) is 42.9. The summed E-state index contributed by atoms with van der Waals surface area (Å²) >= 11 is 14.2. The lowest BCUT2D eigenvalue weighted by atomic mass is 10.1. The van der Waals surface area contributed by atoms with Crippen molar-refractivity contribution < 1.29 is 18.3 Å². The number of methoxy groups -OCH3 is 2. The van der Waals surface area contributed by atoms with E-state index in [4.69, 9.17) is 9.47 Å². The van der Waals surface area contributed by atoms with E-state index in [1.165, 1.54) is 0 Å². The third kappa shape index (κ3) is 10.1. The number of aryl methyl sites for hydroxylation is 2. The number of hydrogen-bond donors (Lipinski definition) is 0. The number of aromatic nitrogens is 2. The van der Waals surface area contributed by atoms with E-state index >= 15 is 0 Å². The average molecular weight is 1030 g/mol. The number of nitrogens with zero attached hydrogens (tertiary/aromatic N) is 2. The Morgan fingerprint density at radius 2 is 0.789 bits per heavy atom. The monoisotopic (exact) mass is 1020 g/mol. The lowest BCUT2D eigenvalue weighted by Crippen LogP contribution is -2.12. The largest absolute Gasteiger partial charge is 0.497 e. The van der Waals surface area contributed by atoms with Crippen molar-refractivity contribution in [3.63, 3.8) is 0 Å². The summed E-state index contributed by atoms with van der Waals surface area (Å²) in [5.41, 5.74) is 6.41. The molecule has 0 N–H and O–H groups in total. The van der Waals surface area contributed by atoms with Gasteiger partial charge in [0.25, 0.3) is 0 Å². The van der Waals surface area contributed by atoms with E-state index in [1.807, 2.05) is 72.8 Å². The molecule has 0 spiro atoms. The fraction of sp³-hybridized carbons (Fsp3) is 0.234. The molecule has 6 aromatic carbocycles. The summed E-state index contributed by atoms with van der Waals surface area (Å²) in [7, 11) is 3.30. The average Bonchev–Trinajstić information content (AvgIpc) is 3.66. The van der Waals surface area contributed by atoms with Crippen LogP contribution in [0.25, 0.3) is 43.6 Å². The summed E-state index contributed by atoms with van der Waals surface area (Å²) in [5.74, 6) is 1.62. The summed E-state index contributed by atoms with van der Waals surface area (Å²) in [5, 5.41) is 4.52. The maximum atomic E-state index is 15.0. The summed E-state index contributed by atoms with van der Waals surface area (Å²) in [4.78, 5) is 0. The molecule has 8 rings (SSSR count). The van der Waals surface area contributed by atoms with Crippen molar-refractivity contribution in [2.24, 2.45) is 0 Å². The molecule has 0 amide bonds. The van der Waals surface area contributed by atoms with E-state index < -0.39 is 12.3 Å². The molecule has 296 valence electrons. The molecule has 0 bridgehead atoms.